The Labute approximate surface area is 79.4 Å². The molecule has 76 valence electrons. The van der Waals surface area contributed by atoms with Gasteiger partial charge in [-0.15, -0.1) is 0 Å². The summed E-state index contributed by atoms with van der Waals surface area (Å²) in [6.07, 6.45) is 1.31. The molecule has 0 saturated carbocycles. The molecule has 3 nitrogen and oxygen atoms in total. The maximum absolute atomic E-state index is 5.76. The quantitative estimate of drug-likeness (QED) is 0.579. The van der Waals surface area contributed by atoms with E-state index in [1.807, 2.05) is 0 Å². The number of methoxy groups -OCH3 is 1. The summed E-state index contributed by atoms with van der Waals surface area (Å²) in [6, 6.07) is 0. The van der Waals surface area contributed by atoms with E-state index in [4.69, 9.17) is 14.2 Å². The van der Waals surface area contributed by atoms with E-state index in [2.05, 4.69) is 20.8 Å². The van der Waals surface area contributed by atoms with Gasteiger partial charge in [-0.25, -0.2) is 0 Å². The number of hydrogen-bond acceptors (Lipinski definition) is 3. The van der Waals surface area contributed by atoms with Gasteiger partial charge in [0.1, 0.15) is 11.2 Å². The predicted octanol–water partition coefficient (Wildman–Crippen LogP) is 1.36. The second-order valence-corrected chi connectivity index (χ2v) is 4.41. The summed E-state index contributed by atoms with van der Waals surface area (Å²) in [5.74, 6) is 0. The normalized spacial score (nSPS) is 55.4. The molecule has 0 amide bonds. The lowest BCUT2D eigenvalue weighted by atomic mass is 9.78. The Bertz CT molecular complexity index is 212. The van der Waals surface area contributed by atoms with Crippen molar-refractivity contribution in [3.05, 3.63) is 0 Å². The second-order valence-electron chi connectivity index (χ2n) is 4.41. The molecule has 2 rings (SSSR count). The van der Waals surface area contributed by atoms with Gasteiger partial charge in [0.25, 0.3) is 0 Å². The average molecular weight is 186 g/mol. The van der Waals surface area contributed by atoms with E-state index in [1.165, 1.54) is 0 Å². The molecular formula is C10H18O3. The minimum absolute atomic E-state index is 0.140. The summed E-state index contributed by atoms with van der Waals surface area (Å²) in [5, 5.41) is 0. The van der Waals surface area contributed by atoms with Crippen LogP contribution in [0.5, 0.6) is 0 Å². The molecule has 0 N–H and O–H groups in total. The third kappa shape index (κ3) is 1.14. The lowest BCUT2D eigenvalue weighted by Crippen LogP contribution is -2.58. The van der Waals surface area contributed by atoms with Gasteiger partial charge in [-0.05, 0) is 20.8 Å². The van der Waals surface area contributed by atoms with Crippen LogP contribution in [0.3, 0.4) is 0 Å². The topological polar surface area (TPSA) is 31.0 Å². The van der Waals surface area contributed by atoms with E-state index in [-0.39, 0.29) is 23.4 Å². The molecule has 0 aromatic rings. The zero-order chi connectivity index (χ0) is 9.69. The smallest absolute Gasteiger partial charge is 0.146 e. The van der Waals surface area contributed by atoms with Crippen LogP contribution in [-0.4, -0.2) is 37.1 Å². The van der Waals surface area contributed by atoms with Crippen molar-refractivity contribution in [3.8, 4) is 0 Å². The lowest BCUT2D eigenvalue weighted by Gasteiger charge is -2.44. The van der Waals surface area contributed by atoms with Crippen LogP contribution in [-0.2, 0) is 14.2 Å². The van der Waals surface area contributed by atoms with Crippen LogP contribution in [0.1, 0.15) is 27.2 Å². The van der Waals surface area contributed by atoms with Gasteiger partial charge in [-0.2, -0.15) is 0 Å². The highest BCUT2D eigenvalue weighted by Crippen LogP contribution is 2.50. The summed E-state index contributed by atoms with van der Waals surface area (Å²) in [6.45, 7) is 7.05. The first-order valence-electron chi connectivity index (χ1n) is 4.89. The SMILES string of the molecule is CO[C@]1(C)C[C@H](C)O[C@@H](C)[C@@]12CO2. The van der Waals surface area contributed by atoms with Gasteiger partial charge in [-0.3, -0.25) is 0 Å². The molecule has 2 aliphatic heterocycles. The van der Waals surface area contributed by atoms with Crippen LogP contribution < -0.4 is 0 Å². The first-order chi connectivity index (χ1) is 6.04. The number of hydrogen-bond donors (Lipinski definition) is 0. The Balaban J connectivity index is 2.23. The molecule has 3 heteroatoms. The molecular weight excluding hydrogens is 168 g/mol. The van der Waals surface area contributed by atoms with E-state index < -0.39 is 0 Å². The highest BCUT2D eigenvalue weighted by molar-refractivity contribution is 5.14. The molecule has 0 radical (unpaired) electrons. The number of ether oxygens (including phenoxy) is 3. The van der Waals surface area contributed by atoms with E-state index in [1.54, 1.807) is 7.11 Å². The van der Waals surface area contributed by atoms with Gasteiger partial charge in [-0.1, -0.05) is 0 Å². The van der Waals surface area contributed by atoms with Crippen molar-refractivity contribution in [1.29, 1.82) is 0 Å². The first kappa shape index (κ1) is 9.44. The van der Waals surface area contributed by atoms with Crippen molar-refractivity contribution in [1.82, 2.24) is 0 Å². The molecule has 0 aromatic heterocycles. The molecule has 0 aromatic carbocycles. The first-order valence-corrected chi connectivity index (χ1v) is 4.89. The average Bonchev–Trinajstić information content (AvgIpc) is 2.81. The summed E-state index contributed by atoms with van der Waals surface area (Å²) in [5.41, 5.74) is -0.349. The zero-order valence-electron chi connectivity index (χ0n) is 8.79. The van der Waals surface area contributed by atoms with Crippen molar-refractivity contribution < 1.29 is 14.2 Å². The molecule has 2 aliphatic rings. The molecule has 0 aliphatic carbocycles. The summed E-state index contributed by atoms with van der Waals surface area (Å²) < 4.78 is 16.9. The minimum atomic E-state index is -0.177. The van der Waals surface area contributed by atoms with Crippen molar-refractivity contribution in [2.24, 2.45) is 0 Å². The molecule has 2 fully saturated rings. The fourth-order valence-corrected chi connectivity index (χ4v) is 2.53. The van der Waals surface area contributed by atoms with Crippen molar-refractivity contribution in [3.63, 3.8) is 0 Å². The van der Waals surface area contributed by atoms with Crippen molar-refractivity contribution >= 4 is 0 Å². The molecule has 4 atom stereocenters. The van der Waals surface area contributed by atoms with Gasteiger partial charge in [0.15, 0.2) is 0 Å². The monoisotopic (exact) mass is 186 g/mol. The Morgan fingerprint density at radius 2 is 2.00 bits per heavy atom. The van der Waals surface area contributed by atoms with Crippen LogP contribution in [0.15, 0.2) is 0 Å². The minimum Gasteiger partial charge on any atom is -0.375 e. The number of epoxide rings is 1. The van der Waals surface area contributed by atoms with Gasteiger partial charge in [0.05, 0.1) is 18.8 Å². The summed E-state index contributed by atoms with van der Waals surface area (Å²) >= 11 is 0. The van der Waals surface area contributed by atoms with Gasteiger partial charge in [0, 0.05) is 13.5 Å². The third-order valence-electron chi connectivity index (χ3n) is 3.57. The molecule has 2 heterocycles. The van der Waals surface area contributed by atoms with E-state index in [0.717, 1.165) is 13.0 Å². The van der Waals surface area contributed by atoms with Crippen molar-refractivity contribution in [2.75, 3.05) is 13.7 Å². The summed E-state index contributed by atoms with van der Waals surface area (Å²) in [4.78, 5) is 0. The van der Waals surface area contributed by atoms with Gasteiger partial charge in [0.2, 0.25) is 0 Å². The number of rotatable bonds is 1. The van der Waals surface area contributed by atoms with Crippen LogP contribution in [0.25, 0.3) is 0 Å². The molecule has 0 unspecified atom stereocenters. The largest absolute Gasteiger partial charge is 0.375 e. The Morgan fingerprint density at radius 3 is 2.46 bits per heavy atom. The Kier molecular flexibility index (Phi) is 1.95. The summed E-state index contributed by atoms with van der Waals surface area (Å²) in [7, 11) is 1.76. The Morgan fingerprint density at radius 1 is 1.38 bits per heavy atom. The third-order valence-corrected chi connectivity index (χ3v) is 3.57. The van der Waals surface area contributed by atoms with E-state index in [0.29, 0.717) is 0 Å². The van der Waals surface area contributed by atoms with Crippen LogP contribution in [0.2, 0.25) is 0 Å². The van der Waals surface area contributed by atoms with Gasteiger partial charge < -0.3 is 14.2 Å². The highest BCUT2D eigenvalue weighted by Gasteiger charge is 2.66. The van der Waals surface area contributed by atoms with Crippen LogP contribution >= 0.6 is 0 Å². The molecule has 1 spiro atoms. The lowest BCUT2D eigenvalue weighted by molar-refractivity contribution is -0.190. The maximum Gasteiger partial charge on any atom is 0.146 e. The zero-order valence-corrected chi connectivity index (χ0v) is 8.79. The van der Waals surface area contributed by atoms with Gasteiger partial charge >= 0.3 is 0 Å². The van der Waals surface area contributed by atoms with Crippen molar-refractivity contribution in [2.45, 2.75) is 50.6 Å². The van der Waals surface area contributed by atoms with Crippen LogP contribution in [0, 0.1) is 0 Å². The molecule has 0 bridgehead atoms. The van der Waals surface area contributed by atoms with E-state index in [9.17, 15) is 0 Å². The predicted molar refractivity (Wildman–Crippen MR) is 48.7 cm³/mol. The molecule has 13 heavy (non-hydrogen) atoms. The van der Waals surface area contributed by atoms with E-state index >= 15 is 0 Å². The maximum atomic E-state index is 5.76. The second kappa shape index (κ2) is 2.69. The highest BCUT2D eigenvalue weighted by atomic mass is 16.7. The standard InChI is InChI=1S/C10H18O3/c1-7-5-9(3,11-4)10(6-12-10)8(2)13-7/h7-8H,5-6H2,1-4H3/t7-,8-,9+,10-/m0/s1. The Hall–Kier alpha value is -0.120. The van der Waals surface area contributed by atoms with Crippen LogP contribution in [0.4, 0.5) is 0 Å². The molecule has 2 saturated heterocycles. The fraction of sp³-hybridized carbons (Fsp3) is 1.00. The fourth-order valence-electron chi connectivity index (χ4n) is 2.53.